The predicted molar refractivity (Wildman–Crippen MR) is 79.0 cm³/mol. The zero-order valence-corrected chi connectivity index (χ0v) is 13.1. The van der Waals surface area contributed by atoms with E-state index in [9.17, 15) is 18.5 Å². The highest BCUT2D eigenvalue weighted by atomic mass is 35.5. The molecule has 1 fully saturated rings. The number of nitrogens with zero attached hydrogens (tertiary/aromatic N) is 1. The molecule has 116 valence electrons. The van der Waals surface area contributed by atoms with Gasteiger partial charge >= 0.3 is 5.69 Å². The topological polar surface area (TPSA) is 115 Å². The van der Waals surface area contributed by atoms with Crippen molar-refractivity contribution in [2.45, 2.75) is 23.8 Å². The number of nitrogens with two attached hydrogens (primary N) is 1. The predicted octanol–water partition coefficient (Wildman–Crippen LogP) is 1.92. The summed E-state index contributed by atoms with van der Waals surface area (Å²) in [7, 11) is -4.01. The van der Waals surface area contributed by atoms with E-state index in [1.165, 1.54) is 0 Å². The second-order valence-corrected chi connectivity index (χ2v) is 7.23. The molecule has 1 atom stereocenters. The van der Waals surface area contributed by atoms with Crippen molar-refractivity contribution >= 4 is 38.9 Å². The molecule has 0 spiro atoms. The Morgan fingerprint density at radius 2 is 2.05 bits per heavy atom. The second-order valence-electron chi connectivity index (χ2n) is 4.77. The van der Waals surface area contributed by atoms with Gasteiger partial charge in [0.15, 0.2) is 0 Å². The van der Waals surface area contributed by atoms with Gasteiger partial charge in [0.25, 0.3) is 0 Å². The minimum Gasteiger partial charge on any atom is -0.329 e. The first-order valence-electron chi connectivity index (χ1n) is 6.12. The van der Waals surface area contributed by atoms with Gasteiger partial charge in [0.1, 0.15) is 14.9 Å². The van der Waals surface area contributed by atoms with Gasteiger partial charge in [-0.2, -0.15) is 0 Å². The van der Waals surface area contributed by atoms with Gasteiger partial charge in [-0.1, -0.05) is 23.2 Å². The van der Waals surface area contributed by atoms with Gasteiger partial charge in [-0.05, 0) is 30.9 Å². The van der Waals surface area contributed by atoms with Crippen LogP contribution < -0.4 is 10.5 Å². The molecule has 0 radical (unpaired) electrons. The summed E-state index contributed by atoms with van der Waals surface area (Å²) in [4.78, 5) is 9.73. The quantitative estimate of drug-likeness (QED) is 0.598. The summed E-state index contributed by atoms with van der Waals surface area (Å²) in [5.41, 5.74) is 4.92. The molecule has 2 rings (SSSR count). The number of sulfonamides is 1. The molecule has 1 saturated carbocycles. The van der Waals surface area contributed by atoms with Crippen molar-refractivity contribution in [3.63, 3.8) is 0 Å². The first kappa shape index (κ1) is 16.4. The van der Waals surface area contributed by atoms with Crippen LogP contribution in [0.3, 0.4) is 0 Å². The van der Waals surface area contributed by atoms with Gasteiger partial charge in [0.2, 0.25) is 10.0 Å². The van der Waals surface area contributed by atoms with Crippen LogP contribution in [0.2, 0.25) is 10.0 Å². The fourth-order valence-electron chi connectivity index (χ4n) is 2.00. The van der Waals surface area contributed by atoms with Crippen molar-refractivity contribution in [1.82, 2.24) is 4.72 Å². The number of rotatable bonds is 6. The molecule has 1 unspecified atom stereocenters. The lowest BCUT2D eigenvalue weighted by Crippen LogP contribution is -2.41. The standard InChI is InChI=1S/C11H13Cl2N3O4S/c12-7-3-4-9(10(13)11(7)16(17)18)21(19,20)15-8(5-14)6-1-2-6/h3-4,6,8,15H,1-2,5,14H2. The normalized spacial score (nSPS) is 16.7. The zero-order chi connectivity index (χ0) is 15.8. The van der Waals surface area contributed by atoms with Crippen LogP contribution >= 0.6 is 23.2 Å². The number of nitrogens with one attached hydrogen (secondary N) is 1. The highest BCUT2D eigenvalue weighted by Gasteiger charge is 2.35. The Labute approximate surface area is 131 Å². The second kappa shape index (κ2) is 6.05. The third-order valence-corrected chi connectivity index (χ3v) is 5.59. The molecule has 0 aromatic heterocycles. The molecule has 0 aliphatic heterocycles. The third kappa shape index (κ3) is 3.46. The lowest BCUT2D eigenvalue weighted by Gasteiger charge is -2.16. The Balaban J connectivity index is 2.40. The van der Waals surface area contributed by atoms with Crippen molar-refractivity contribution in [3.05, 3.63) is 32.3 Å². The molecule has 0 amide bonds. The minimum atomic E-state index is -4.01. The summed E-state index contributed by atoms with van der Waals surface area (Å²) in [5, 5.41) is 10.2. The van der Waals surface area contributed by atoms with E-state index in [4.69, 9.17) is 28.9 Å². The highest BCUT2D eigenvalue weighted by Crippen LogP contribution is 2.38. The van der Waals surface area contributed by atoms with E-state index in [1.54, 1.807) is 0 Å². The average molecular weight is 354 g/mol. The molecule has 1 aromatic carbocycles. The van der Waals surface area contributed by atoms with E-state index >= 15 is 0 Å². The lowest BCUT2D eigenvalue weighted by atomic mass is 10.2. The molecule has 1 aliphatic carbocycles. The fourth-order valence-corrected chi connectivity index (χ4v) is 4.20. The Bertz CT molecular complexity index is 676. The zero-order valence-electron chi connectivity index (χ0n) is 10.8. The van der Waals surface area contributed by atoms with Crippen LogP contribution in [0.4, 0.5) is 5.69 Å². The van der Waals surface area contributed by atoms with Gasteiger partial charge in [0.05, 0.1) is 4.92 Å². The van der Waals surface area contributed by atoms with Crippen molar-refractivity contribution in [3.8, 4) is 0 Å². The number of nitro groups is 1. The number of halogens is 2. The summed E-state index contributed by atoms with van der Waals surface area (Å²) >= 11 is 11.5. The molecular weight excluding hydrogens is 341 g/mol. The van der Waals surface area contributed by atoms with Gasteiger partial charge in [-0.25, -0.2) is 13.1 Å². The van der Waals surface area contributed by atoms with E-state index in [0.29, 0.717) is 0 Å². The van der Waals surface area contributed by atoms with Crippen LogP contribution in [-0.4, -0.2) is 25.9 Å². The SMILES string of the molecule is NCC(NS(=O)(=O)c1ccc(Cl)c([N+](=O)[O-])c1Cl)C1CC1. The number of hydrogen-bond donors (Lipinski definition) is 2. The van der Waals surface area contributed by atoms with Crippen molar-refractivity contribution in [2.24, 2.45) is 11.7 Å². The number of nitro benzene ring substituents is 1. The average Bonchev–Trinajstić information content (AvgIpc) is 3.19. The number of hydrogen-bond acceptors (Lipinski definition) is 5. The Kier molecular flexibility index (Phi) is 4.74. The van der Waals surface area contributed by atoms with Crippen molar-refractivity contribution in [1.29, 1.82) is 0 Å². The first-order chi connectivity index (χ1) is 9.77. The van der Waals surface area contributed by atoms with Gasteiger partial charge in [-0.3, -0.25) is 10.1 Å². The van der Waals surface area contributed by atoms with Crippen LogP contribution in [0, 0.1) is 16.0 Å². The smallest absolute Gasteiger partial charge is 0.307 e. The molecule has 7 nitrogen and oxygen atoms in total. The maximum atomic E-state index is 12.3. The molecular formula is C11H13Cl2N3O4S. The van der Waals surface area contributed by atoms with E-state index in [-0.39, 0.29) is 22.4 Å². The molecule has 3 N–H and O–H groups in total. The van der Waals surface area contributed by atoms with E-state index in [0.717, 1.165) is 25.0 Å². The molecule has 0 heterocycles. The maximum Gasteiger partial charge on any atom is 0.307 e. The van der Waals surface area contributed by atoms with E-state index in [2.05, 4.69) is 4.72 Å². The summed E-state index contributed by atoms with van der Waals surface area (Å²) in [5.74, 6) is 0.200. The van der Waals surface area contributed by atoms with Gasteiger partial charge in [-0.15, -0.1) is 0 Å². The van der Waals surface area contributed by atoms with Crippen molar-refractivity contribution < 1.29 is 13.3 Å². The summed E-state index contributed by atoms with van der Waals surface area (Å²) in [6.45, 7) is 0.150. The lowest BCUT2D eigenvalue weighted by molar-refractivity contribution is -0.384. The minimum absolute atomic E-state index is 0.150. The molecule has 0 bridgehead atoms. The third-order valence-electron chi connectivity index (χ3n) is 3.26. The first-order valence-corrected chi connectivity index (χ1v) is 8.36. The maximum absolute atomic E-state index is 12.3. The Hall–Kier alpha value is -0.930. The van der Waals surface area contributed by atoms with Crippen LogP contribution in [0.15, 0.2) is 17.0 Å². The largest absolute Gasteiger partial charge is 0.329 e. The molecule has 0 saturated heterocycles. The fraction of sp³-hybridized carbons (Fsp3) is 0.455. The van der Waals surface area contributed by atoms with E-state index in [1.807, 2.05) is 0 Å². The molecule has 21 heavy (non-hydrogen) atoms. The Morgan fingerprint density at radius 3 is 2.52 bits per heavy atom. The van der Waals surface area contributed by atoms with Crippen molar-refractivity contribution in [2.75, 3.05) is 6.54 Å². The summed E-state index contributed by atoms with van der Waals surface area (Å²) in [6, 6.07) is 1.87. The monoisotopic (exact) mass is 353 g/mol. The molecule has 1 aromatic rings. The molecule has 10 heteroatoms. The van der Waals surface area contributed by atoms with Crippen LogP contribution in [0.5, 0.6) is 0 Å². The highest BCUT2D eigenvalue weighted by molar-refractivity contribution is 7.89. The van der Waals surface area contributed by atoms with Gasteiger partial charge in [0, 0.05) is 12.6 Å². The summed E-state index contributed by atoms with van der Waals surface area (Å²) in [6.07, 6.45) is 1.80. The van der Waals surface area contributed by atoms with Crippen LogP contribution in [0.1, 0.15) is 12.8 Å². The molecule has 1 aliphatic rings. The van der Waals surface area contributed by atoms with Gasteiger partial charge < -0.3 is 5.73 Å². The Morgan fingerprint density at radius 1 is 1.43 bits per heavy atom. The summed E-state index contributed by atoms with van der Waals surface area (Å²) < 4.78 is 27.1. The van der Waals surface area contributed by atoms with Crippen LogP contribution in [0.25, 0.3) is 0 Å². The van der Waals surface area contributed by atoms with Crippen LogP contribution in [-0.2, 0) is 10.0 Å². The number of benzene rings is 1. The van der Waals surface area contributed by atoms with E-state index < -0.39 is 31.7 Å².